The van der Waals surface area contributed by atoms with Crippen molar-refractivity contribution in [3.63, 3.8) is 0 Å². The van der Waals surface area contributed by atoms with Crippen molar-refractivity contribution >= 4 is 18.3 Å². The molecule has 0 aromatic heterocycles. The molecule has 2 aliphatic rings. The maximum atomic E-state index is 12.7. The molecule has 2 N–H and O–H groups in total. The average molecular weight is 293 g/mol. The monoisotopic (exact) mass is 292 g/mol. The molecular weight excluding hydrogens is 268 g/mol. The lowest BCUT2D eigenvalue weighted by molar-refractivity contribution is -0.158. The topological polar surface area (TPSA) is 64.8 Å². The Balaban J connectivity index is 0.00000180. The number of nitrogens with zero attached hydrogens (tertiary/aromatic N) is 1. The molecule has 0 spiro atoms. The molecule has 2 aliphatic heterocycles. The van der Waals surface area contributed by atoms with Gasteiger partial charge in [-0.3, -0.25) is 4.79 Å². The summed E-state index contributed by atoms with van der Waals surface area (Å²) in [6.07, 6.45) is 1.69. The van der Waals surface area contributed by atoms with E-state index in [1.165, 1.54) is 0 Å². The predicted molar refractivity (Wildman–Crippen MR) is 75.4 cm³/mol. The van der Waals surface area contributed by atoms with Gasteiger partial charge >= 0.3 is 0 Å². The molecule has 2 heterocycles. The van der Waals surface area contributed by atoms with Gasteiger partial charge in [-0.15, -0.1) is 12.4 Å². The van der Waals surface area contributed by atoms with Crippen LogP contribution >= 0.6 is 12.4 Å². The Morgan fingerprint density at radius 3 is 2.26 bits per heavy atom. The van der Waals surface area contributed by atoms with Gasteiger partial charge in [0.2, 0.25) is 5.91 Å². The molecule has 5 nitrogen and oxygen atoms in total. The number of morpholine rings is 1. The van der Waals surface area contributed by atoms with Crippen molar-refractivity contribution in [2.75, 3.05) is 32.8 Å². The second-order valence-corrected chi connectivity index (χ2v) is 5.56. The Kier molecular flexibility index (Phi) is 6.05. The molecule has 0 bridgehead atoms. The molecular formula is C13H25ClN2O3. The lowest BCUT2D eigenvalue weighted by atomic mass is 9.78. The van der Waals surface area contributed by atoms with Gasteiger partial charge in [0.15, 0.2) is 0 Å². The van der Waals surface area contributed by atoms with Crippen molar-refractivity contribution in [2.24, 2.45) is 11.1 Å². The highest BCUT2D eigenvalue weighted by Gasteiger charge is 2.42. The summed E-state index contributed by atoms with van der Waals surface area (Å²) in [5, 5.41) is 0. The molecule has 6 heteroatoms. The molecule has 0 aromatic carbocycles. The maximum Gasteiger partial charge on any atom is 0.230 e. The van der Waals surface area contributed by atoms with Crippen LogP contribution in [-0.2, 0) is 14.3 Å². The fourth-order valence-electron chi connectivity index (χ4n) is 2.95. The highest BCUT2D eigenvalue weighted by Crippen LogP contribution is 2.32. The van der Waals surface area contributed by atoms with Crippen LogP contribution < -0.4 is 5.73 Å². The predicted octanol–water partition coefficient (Wildman–Crippen LogP) is 0.799. The third kappa shape index (κ3) is 3.60. The van der Waals surface area contributed by atoms with Crippen LogP contribution in [0.25, 0.3) is 0 Å². The minimum Gasteiger partial charge on any atom is -0.381 e. The normalized spacial score (nSPS) is 30.6. The van der Waals surface area contributed by atoms with Crippen molar-refractivity contribution in [2.45, 2.75) is 38.9 Å². The van der Waals surface area contributed by atoms with E-state index < -0.39 is 5.41 Å². The SMILES string of the molecule is CC1CN(C(=O)C2(CN)CCOCC2)CC(C)O1.Cl. The fraction of sp³-hybridized carbons (Fsp3) is 0.923. The number of hydrogen-bond donors (Lipinski definition) is 1. The molecule has 112 valence electrons. The number of hydrogen-bond acceptors (Lipinski definition) is 4. The zero-order chi connectivity index (χ0) is 13.2. The highest BCUT2D eigenvalue weighted by atomic mass is 35.5. The molecule has 2 unspecified atom stereocenters. The molecule has 19 heavy (non-hydrogen) atoms. The second-order valence-electron chi connectivity index (χ2n) is 5.56. The van der Waals surface area contributed by atoms with Crippen LogP contribution in [0.5, 0.6) is 0 Å². The smallest absolute Gasteiger partial charge is 0.230 e. The van der Waals surface area contributed by atoms with Crippen LogP contribution in [-0.4, -0.2) is 55.9 Å². The van der Waals surface area contributed by atoms with Crippen LogP contribution in [0.4, 0.5) is 0 Å². The summed E-state index contributed by atoms with van der Waals surface area (Å²) in [5.74, 6) is 0.190. The summed E-state index contributed by atoms with van der Waals surface area (Å²) < 4.78 is 11.0. The number of ether oxygens (including phenoxy) is 2. The zero-order valence-corrected chi connectivity index (χ0v) is 12.6. The van der Waals surface area contributed by atoms with Crippen molar-refractivity contribution in [3.05, 3.63) is 0 Å². The number of rotatable bonds is 2. The quantitative estimate of drug-likeness (QED) is 0.818. The summed E-state index contributed by atoms with van der Waals surface area (Å²) >= 11 is 0. The number of carbonyl (C=O) groups is 1. The zero-order valence-electron chi connectivity index (χ0n) is 11.8. The van der Waals surface area contributed by atoms with Gasteiger partial charge in [0, 0.05) is 32.8 Å². The molecule has 0 saturated carbocycles. The minimum absolute atomic E-state index is 0. The van der Waals surface area contributed by atoms with Crippen molar-refractivity contribution in [1.29, 1.82) is 0 Å². The van der Waals surface area contributed by atoms with Gasteiger partial charge in [0.1, 0.15) is 0 Å². The van der Waals surface area contributed by atoms with Gasteiger partial charge in [-0.1, -0.05) is 0 Å². The lowest BCUT2D eigenvalue weighted by Gasteiger charge is -2.42. The van der Waals surface area contributed by atoms with E-state index >= 15 is 0 Å². The van der Waals surface area contributed by atoms with Crippen molar-refractivity contribution in [3.8, 4) is 0 Å². The molecule has 2 rings (SSSR count). The first kappa shape index (κ1) is 16.7. The van der Waals surface area contributed by atoms with E-state index in [2.05, 4.69) is 0 Å². The molecule has 2 atom stereocenters. The summed E-state index contributed by atoms with van der Waals surface area (Å²) in [6.45, 7) is 7.05. The van der Waals surface area contributed by atoms with E-state index in [1.54, 1.807) is 0 Å². The molecule has 0 radical (unpaired) electrons. The van der Waals surface area contributed by atoms with E-state index in [9.17, 15) is 4.79 Å². The minimum atomic E-state index is -0.408. The van der Waals surface area contributed by atoms with Gasteiger partial charge in [0.05, 0.1) is 17.6 Å². The van der Waals surface area contributed by atoms with Gasteiger partial charge in [-0.05, 0) is 26.7 Å². The molecule has 0 aromatic rings. The Morgan fingerprint density at radius 1 is 1.26 bits per heavy atom. The summed E-state index contributed by atoms with van der Waals surface area (Å²) in [4.78, 5) is 14.7. The third-order valence-electron chi connectivity index (χ3n) is 4.00. The summed E-state index contributed by atoms with van der Waals surface area (Å²) in [6, 6.07) is 0. The maximum absolute atomic E-state index is 12.7. The molecule has 2 fully saturated rings. The lowest BCUT2D eigenvalue weighted by Crippen LogP contribution is -2.56. The van der Waals surface area contributed by atoms with Gasteiger partial charge in [-0.2, -0.15) is 0 Å². The van der Waals surface area contributed by atoms with Crippen LogP contribution in [0.2, 0.25) is 0 Å². The third-order valence-corrected chi connectivity index (χ3v) is 4.00. The van der Waals surface area contributed by atoms with E-state index in [0.717, 1.165) is 12.8 Å². The summed E-state index contributed by atoms with van der Waals surface area (Å²) in [5.41, 5.74) is 5.47. The number of amides is 1. The van der Waals surface area contributed by atoms with E-state index in [-0.39, 0.29) is 30.5 Å². The van der Waals surface area contributed by atoms with Crippen LogP contribution in [0, 0.1) is 5.41 Å². The highest BCUT2D eigenvalue weighted by molar-refractivity contribution is 5.85. The van der Waals surface area contributed by atoms with E-state index in [4.69, 9.17) is 15.2 Å². The number of halogens is 1. The summed E-state index contributed by atoms with van der Waals surface area (Å²) in [7, 11) is 0. The standard InChI is InChI=1S/C13H24N2O3.ClH/c1-10-7-15(8-11(2)18-10)12(16)13(9-14)3-5-17-6-4-13;/h10-11H,3-9,14H2,1-2H3;1H. The molecule has 2 saturated heterocycles. The fourth-order valence-corrected chi connectivity index (χ4v) is 2.95. The van der Waals surface area contributed by atoms with Crippen LogP contribution in [0.15, 0.2) is 0 Å². The molecule has 0 aliphatic carbocycles. The first-order valence-corrected chi connectivity index (χ1v) is 6.80. The Bertz CT molecular complexity index is 298. The Labute approximate surface area is 121 Å². The van der Waals surface area contributed by atoms with Gasteiger partial charge < -0.3 is 20.1 Å². The number of nitrogens with two attached hydrogens (primary N) is 1. The molecule has 1 amide bonds. The largest absolute Gasteiger partial charge is 0.381 e. The van der Waals surface area contributed by atoms with Crippen LogP contribution in [0.1, 0.15) is 26.7 Å². The Hall–Kier alpha value is -0.360. The van der Waals surface area contributed by atoms with Gasteiger partial charge in [0.25, 0.3) is 0 Å². The number of carbonyl (C=O) groups excluding carboxylic acids is 1. The van der Waals surface area contributed by atoms with Gasteiger partial charge in [-0.25, -0.2) is 0 Å². The first-order chi connectivity index (χ1) is 8.57. The second kappa shape index (κ2) is 6.88. The van der Waals surface area contributed by atoms with Crippen molar-refractivity contribution in [1.82, 2.24) is 4.90 Å². The van der Waals surface area contributed by atoms with Crippen molar-refractivity contribution < 1.29 is 14.3 Å². The van der Waals surface area contributed by atoms with E-state index in [1.807, 2.05) is 18.7 Å². The average Bonchev–Trinajstić information content (AvgIpc) is 2.37. The van der Waals surface area contributed by atoms with Crippen LogP contribution in [0.3, 0.4) is 0 Å². The first-order valence-electron chi connectivity index (χ1n) is 6.80. The Morgan fingerprint density at radius 2 is 1.79 bits per heavy atom. The van der Waals surface area contributed by atoms with E-state index in [0.29, 0.717) is 32.8 Å².